The minimum absolute atomic E-state index is 0.362. The second kappa shape index (κ2) is 7.23. The van der Waals surface area contributed by atoms with Crippen LogP contribution in [0, 0.1) is 0 Å². The molecule has 0 bridgehead atoms. The minimum Gasteiger partial charge on any atom is -0.268 e. The average Bonchev–Trinajstić information content (AvgIpc) is 3.14. The Labute approximate surface area is 139 Å². The molecule has 24 heavy (non-hydrogen) atoms. The molecule has 6 heteroatoms. The van der Waals surface area contributed by atoms with Crippen LogP contribution in [0.3, 0.4) is 0 Å². The Balaban J connectivity index is 1.56. The van der Waals surface area contributed by atoms with Crippen LogP contribution in [0.1, 0.15) is 26.3 Å². The Bertz CT molecular complexity index is 812. The lowest BCUT2D eigenvalue weighted by atomic mass is 10.1. The molecule has 3 rings (SSSR count). The van der Waals surface area contributed by atoms with Gasteiger partial charge in [0.15, 0.2) is 0 Å². The van der Waals surface area contributed by atoms with E-state index in [0.717, 1.165) is 5.56 Å². The number of carbonyl (C=O) groups excluding carboxylic acids is 2. The van der Waals surface area contributed by atoms with E-state index in [-0.39, 0.29) is 11.8 Å². The van der Waals surface area contributed by atoms with Gasteiger partial charge in [0, 0.05) is 23.5 Å². The zero-order valence-electron chi connectivity index (χ0n) is 12.8. The molecule has 2 amide bonds. The highest BCUT2D eigenvalue weighted by Gasteiger charge is 2.08. The number of carbonyl (C=O) groups is 2. The smallest absolute Gasteiger partial charge is 0.268 e. The molecular formula is C18H16N4O2. The molecule has 0 fully saturated rings. The normalized spacial score (nSPS) is 10.2. The SMILES string of the molecule is O=C(NNC(=O)c1ccc(Cn2cccn2)cc1)c1ccccc1. The number of aromatic nitrogens is 2. The number of hydrogen-bond acceptors (Lipinski definition) is 3. The van der Waals surface area contributed by atoms with Crippen molar-refractivity contribution in [2.45, 2.75) is 6.54 Å². The molecule has 0 saturated carbocycles. The number of benzene rings is 2. The van der Waals surface area contributed by atoms with Gasteiger partial charge in [-0.2, -0.15) is 5.10 Å². The first kappa shape index (κ1) is 15.5. The van der Waals surface area contributed by atoms with Gasteiger partial charge in [0.05, 0.1) is 6.54 Å². The maximum Gasteiger partial charge on any atom is 0.269 e. The highest BCUT2D eigenvalue weighted by Crippen LogP contribution is 2.06. The summed E-state index contributed by atoms with van der Waals surface area (Å²) >= 11 is 0. The number of hydrogen-bond donors (Lipinski definition) is 2. The van der Waals surface area contributed by atoms with Gasteiger partial charge in [0.2, 0.25) is 0 Å². The van der Waals surface area contributed by atoms with E-state index in [1.165, 1.54) is 0 Å². The molecular weight excluding hydrogens is 304 g/mol. The molecule has 120 valence electrons. The summed E-state index contributed by atoms with van der Waals surface area (Å²) in [7, 11) is 0. The summed E-state index contributed by atoms with van der Waals surface area (Å²) in [5.74, 6) is -0.732. The first-order chi connectivity index (χ1) is 11.7. The van der Waals surface area contributed by atoms with E-state index in [4.69, 9.17) is 0 Å². The van der Waals surface area contributed by atoms with Crippen molar-refractivity contribution in [3.63, 3.8) is 0 Å². The molecule has 0 aliphatic carbocycles. The lowest BCUT2D eigenvalue weighted by molar-refractivity contribution is 0.0846. The molecule has 1 heterocycles. The van der Waals surface area contributed by atoms with E-state index in [1.807, 2.05) is 30.5 Å². The van der Waals surface area contributed by atoms with E-state index in [2.05, 4.69) is 16.0 Å². The van der Waals surface area contributed by atoms with Gasteiger partial charge in [-0.1, -0.05) is 30.3 Å². The number of nitrogens with zero attached hydrogens (tertiary/aromatic N) is 2. The Kier molecular flexibility index (Phi) is 4.67. The minimum atomic E-state index is -0.370. The molecule has 0 spiro atoms. The van der Waals surface area contributed by atoms with Crippen LogP contribution in [-0.2, 0) is 6.54 Å². The zero-order valence-corrected chi connectivity index (χ0v) is 12.8. The van der Waals surface area contributed by atoms with Gasteiger partial charge in [0.25, 0.3) is 11.8 Å². The van der Waals surface area contributed by atoms with Crippen molar-refractivity contribution in [2.24, 2.45) is 0 Å². The number of amides is 2. The molecule has 1 aromatic heterocycles. The van der Waals surface area contributed by atoms with Gasteiger partial charge in [-0.15, -0.1) is 0 Å². The Morgan fingerprint density at radius 1 is 0.833 bits per heavy atom. The van der Waals surface area contributed by atoms with Crippen LogP contribution in [0.2, 0.25) is 0 Å². The third-order valence-corrected chi connectivity index (χ3v) is 3.45. The van der Waals surface area contributed by atoms with Crippen LogP contribution in [0.15, 0.2) is 73.1 Å². The van der Waals surface area contributed by atoms with E-state index in [0.29, 0.717) is 17.7 Å². The Morgan fingerprint density at radius 3 is 2.04 bits per heavy atom. The van der Waals surface area contributed by atoms with Crippen molar-refractivity contribution >= 4 is 11.8 Å². The average molecular weight is 320 g/mol. The quantitative estimate of drug-likeness (QED) is 0.722. The summed E-state index contributed by atoms with van der Waals surface area (Å²) in [6.07, 6.45) is 3.59. The molecule has 0 atom stereocenters. The second-order valence-corrected chi connectivity index (χ2v) is 5.17. The number of nitrogens with one attached hydrogen (secondary N) is 2. The van der Waals surface area contributed by atoms with Crippen molar-refractivity contribution in [2.75, 3.05) is 0 Å². The van der Waals surface area contributed by atoms with Crippen LogP contribution in [-0.4, -0.2) is 21.6 Å². The van der Waals surface area contributed by atoms with Crippen LogP contribution < -0.4 is 10.9 Å². The molecule has 2 aromatic carbocycles. The summed E-state index contributed by atoms with van der Waals surface area (Å²) < 4.78 is 1.80. The topological polar surface area (TPSA) is 76.0 Å². The summed E-state index contributed by atoms with van der Waals surface area (Å²) in [6, 6.07) is 17.7. The number of rotatable bonds is 4. The molecule has 0 unspecified atom stereocenters. The summed E-state index contributed by atoms with van der Waals surface area (Å²) in [6.45, 7) is 0.639. The predicted molar refractivity (Wildman–Crippen MR) is 89.1 cm³/mol. The molecule has 3 aromatic rings. The van der Waals surface area contributed by atoms with Crippen LogP contribution in [0.5, 0.6) is 0 Å². The molecule has 0 saturated heterocycles. The third-order valence-electron chi connectivity index (χ3n) is 3.45. The second-order valence-electron chi connectivity index (χ2n) is 5.17. The Hall–Kier alpha value is -3.41. The maximum absolute atomic E-state index is 12.1. The maximum atomic E-state index is 12.1. The van der Waals surface area contributed by atoms with Gasteiger partial charge in [-0.3, -0.25) is 25.1 Å². The lowest BCUT2D eigenvalue weighted by Crippen LogP contribution is -2.41. The highest BCUT2D eigenvalue weighted by atomic mass is 16.2. The molecule has 0 radical (unpaired) electrons. The predicted octanol–water partition coefficient (Wildman–Crippen LogP) is 2.01. The van der Waals surface area contributed by atoms with Crippen molar-refractivity contribution in [3.05, 3.63) is 89.7 Å². The van der Waals surface area contributed by atoms with Crippen LogP contribution >= 0.6 is 0 Å². The van der Waals surface area contributed by atoms with Gasteiger partial charge in [-0.05, 0) is 35.9 Å². The van der Waals surface area contributed by atoms with Crippen LogP contribution in [0.4, 0.5) is 0 Å². The Morgan fingerprint density at radius 2 is 1.46 bits per heavy atom. The largest absolute Gasteiger partial charge is 0.269 e. The summed E-state index contributed by atoms with van der Waals surface area (Å²) in [4.78, 5) is 23.9. The first-order valence-electron chi connectivity index (χ1n) is 7.44. The van der Waals surface area contributed by atoms with E-state index in [1.54, 1.807) is 47.3 Å². The van der Waals surface area contributed by atoms with E-state index < -0.39 is 0 Å². The van der Waals surface area contributed by atoms with Gasteiger partial charge in [-0.25, -0.2) is 0 Å². The standard InChI is InChI=1S/C18H16N4O2/c23-17(15-5-2-1-3-6-15)20-21-18(24)16-9-7-14(8-10-16)13-22-12-4-11-19-22/h1-12H,13H2,(H,20,23)(H,21,24). The fraction of sp³-hybridized carbons (Fsp3) is 0.0556. The van der Waals surface area contributed by atoms with Gasteiger partial charge < -0.3 is 0 Å². The summed E-state index contributed by atoms with van der Waals surface area (Å²) in [5, 5.41) is 4.14. The van der Waals surface area contributed by atoms with Crippen molar-refractivity contribution in [3.8, 4) is 0 Å². The fourth-order valence-electron chi connectivity index (χ4n) is 2.19. The fourth-order valence-corrected chi connectivity index (χ4v) is 2.19. The lowest BCUT2D eigenvalue weighted by Gasteiger charge is -2.08. The van der Waals surface area contributed by atoms with Crippen molar-refractivity contribution in [1.82, 2.24) is 20.6 Å². The molecule has 2 N–H and O–H groups in total. The van der Waals surface area contributed by atoms with Crippen molar-refractivity contribution in [1.29, 1.82) is 0 Å². The molecule has 6 nitrogen and oxygen atoms in total. The van der Waals surface area contributed by atoms with Crippen molar-refractivity contribution < 1.29 is 9.59 Å². The first-order valence-corrected chi connectivity index (χ1v) is 7.44. The third kappa shape index (κ3) is 3.86. The highest BCUT2D eigenvalue weighted by molar-refractivity contribution is 5.99. The molecule has 0 aliphatic rings. The van der Waals surface area contributed by atoms with Crippen LogP contribution in [0.25, 0.3) is 0 Å². The van der Waals surface area contributed by atoms with E-state index >= 15 is 0 Å². The van der Waals surface area contributed by atoms with Gasteiger partial charge >= 0.3 is 0 Å². The monoisotopic (exact) mass is 320 g/mol. The molecule has 0 aliphatic heterocycles. The summed E-state index contributed by atoms with van der Waals surface area (Å²) in [5.41, 5.74) is 6.78. The van der Waals surface area contributed by atoms with E-state index in [9.17, 15) is 9.59 Å². The number of hydrazine groups is 1. The van der Waals surface area contributed by atoms with Gasteiger partial charge in [0.1, 0.15) is 0 Å². The zero-order chi connectivity index (χ0) is 16.8.